The predicted octanol–water partition coefficient (Wildman–Crippen LogP) is 15.8. The Bertz CT molecular complexity index is 3920. The van der Waals surface area contributed by atoms with Gasteiger partial charge >= 0.3 is 0 Å². The number of aliphatic imine (C=N–C) groups is 1. The van der Waals surface area contributed by atoms with Gasteiger partial charge in [-0.25, -0.2) is 4.99 Å². The van der Waals surface area contributed by atoms with Gasteiger partial charge in [-0.2, -0.15) is 0 Å². The molecule has 3 heteroatoms. The third-order valence-corrected chi connectivity index (χ3v) is 16.5. The summed E-state index contributed by atoms with van der Waals surface area (Å²) in [5.74, 6) is 0.755. The summed E-state index contributed by atoms with van der Waals surface area (Å²) < 4.78 is 2.44. The Morgan fingerprint density at radius 3 is 1.10 bits per heavy atom. The number of hydrogen-bond acceptors (Lipinski definition) is 2. The molecule has 1 aliphatic heterocycles. The van der Waals surface area contributed by atoms with Crippen molar-refractivity contribution in [2.24, 2.45) is 4.99 Å². The number of aromatic nitrogens is 1. The molecular formula is C68H43N3. The molecule has 3 nitrogen and oxygen atoms in total. The van der Waals surface area contributed by atoms with Crippen LogP contribution < -0.4 is 5.32 Å². The standard InChI is InChI=1S/C68H43N3/c1-3-20-42(21-4-1)62-36-19-37-63(43-22-5-2-6-23-43)70-66(69-62)71-64-40-50-48-28-11-17-34-58(48)67(54-30-13-7-24-44(54)45-25-8-14-31-55(45)67)60(50)38-52(64)53-39-61-51(41-65(53)71)49-29-12-18-35-59(49)68(61)56-32-15-9-26-46(56)47-27-10-16-33-57(47)68/h1-18,20-41H,19H2,(H,69,70)/b62-36+,63-37?. The van der Waals surface area contributed by atoms with Crippen molar-refractivity contribution in [2.45, 2.75) is 17.3 Å². The SMILES string of the molecule is C1=C(c2ccccc2)N=C(n2c3cc4c(cc3c3cc5c(cc32)-c2ccccc2C52c3ccccc3-c3ccccc32)C2(c3ccccc3-c3ccccc32)c2ccccc2-4)N/C(c2ccccc2)=C/C1. The van der Waals surface area contributed by atoms with Crippen LogP contribution in [0.1, 0.15) is 62.1 Å². The van der Waals surface area contributed by atoms with E-state index in [9.17, 15) is 0 Å². The number of fused-ring (bicyclic) bond motifs is 23. The molecule has 71 heavy (non-hydrogen) atoms. The minimum atomic E-state index is -0.498. The molecule has 0 unspecified atom stereocenters. The monoisotopic (exact) mass is 901 g/mol. The Hall–Kier alpha value is -9.05. The maximum atomic E-state index is 5.75. The molecule has 2 heterocycles. The van der Waals surface area contributed by atoms with Crippen LogP contribution in [0.3, 0.4) is 0 Å². The van der Waals surface area contributed by atoms with Gasteiger partial charge in [0.1, 0.15) is 0 Å². The van der Waals surface area contributed by atoms with E-state index < -0.39 is 10.8 Å². The van der Waals surface area contributed by atoms with Crippen molar-refractivity contribution in [2.75, 3.05) is 0 Å². The Balaban J connectivity index is 1.07. The third-order valence-electron chi connectivity index (χ3n) is 16.5. The van der Waals surface area contributed by atoms with E-state index in [4.69, 9.17) is 4.99 Å². The van der Waals surface area contributed by atoms with E-state index in [1.165, 1.54) is 99.8 Å². The highest BCUT2D eigenvalue weighted by Crippen LogP contribution is 2.65. The second-order valence-electron chi connectivity index (χ2n) is 19.7. The molecule has 1 aromatic heterocycles. The first kappa shape index (κ1) is 38.9. The van der Waals surface area contributed by atoms with Crippen LogP contribution in [-0.2, 0) is 10.8 Å². The first-order chi connectivity index (χ1) is 35.2. The molecule has 0 saturated carbocycles. The maximum absolute atomic E-state index is 5.75. The molecule has 0 amide bonds. The maximum Gasteiger partial charge on any atom is 0.213 e. The van der Waals surface area contributed by atoms with Gasteiger partial charge in [-0.15, -0.1) is 0 Å². The van der Waals surface area contributed by atoms with Crippen molar-refractivity contribution >= 4 is 39.2 Å². The molecule has 0 bridgehead atoms. The van der Waals surface area contributed by atoms with Crippen molar-refractivity contribution in [3.63, 3.8) is 0 Å². The summed E-state index contributed by atoms with van der Waals surface area (Å²) in [6, 6.07) is 86.2. The Morgan fingerprint density at radius 1 is 0.338 bits per heavy atom. The second-order valence-corrected chi connectivity index (χ2v) is 19.7. The van der Waals surface area contributed by atoms with E-state index in [1.54, 1.807) is 0 Å². The topological polar surface area (TPSA) is 29.3 Å². The highest BCUT2D eigenvalue weighted by Gasteiger charge is 2.54. The lowest BCUT2D eigenvalue weighted by atomic mass is 9.70. The first-order valence-corrected chi connectivity index (χ1v) is 24.9. The lowest BCUT2D eigenvalue weighted by molar-refractivity contribution is 0.794. The van der Waals surface area contributed by atoms with Crippen LogP contribution in [-0.4, -0.2) is 10.5 Å². The van der Waals surface area contributed by atoms with Crippen molar-refractivity contribution < 1.29 is 0 Å². The quantitative estimate of drug-likeness (QED) is 0.184. The van der Waals surface area contributed by atoms with Gasteiger partial charge in [0.05, 0.1) is 27.6 Å². The van der Waals surface area contributed by atoms with Gasteiger partial charge in [0.25, 0.3) is 0 Å². The number of benzene rings is 10. The minimum absolute atomic E-state index is 0.498. The van der Waals surface area contributed by atoms with Gasteiger partial charge in [-0.05, 0) is 131 Å². The minimum Gasteiger partial charge on any atom is -0.325 e. The van der Waals surface area contributed by atoms with E-state index in [2.05, 4.69) is 253 Å². The summed E-state index contributed by atoms with van der Waals surface area (Å²) in [5, 5.41) is 6.41. The van der Waals surface area contributed by atoms with Gasteiger partial charge in [-0.3, -0.25) is 4.57 Å². The zero-order valence-electron chi connectivity index (χ0n) is 38.7. The molecule has 0 atom stereocenters. The summed E-state index contributed by atoms with van der Waals surface area (Å²) >= 11 is 0. The van der Waals surface area contributed by atoms with E-state index >= 15 is 0 Å². The molecule has 4 aliphatic carbocycles. The van der Waals surface area contributed by atoms with E-state index in [0.717, 1.165) is 45.9 Å². The Morgan fingerprint density at radius 2 is 0.690 bits per heavy atom. The van der Waals surface area contributed by atoms with Crippen LogP contribution >= 0.6 is 0 Å². The molecule has 1 N–H and O–H groups in total. The van der Waals surface area contributed by atoms with Crippen LogP contribution in [0.4, 0.5) is 0 Å². The molecule has 0 radical (unpaired) electrons. The molecule has 330 valence electrons. The highest BCUT2D eigenvalue weighted by molar-refractivity contribution is 6.19. The summed E-state index contributed by atoms with van der Waals surface area (Å²) in [6.07, 6.45) is 5.31. The molecule has 5 aliphatic rings. The van der Waals surface area contributed by atoms with Crippen LogP contribution in [0.5, 0.6) is 0 Å². The molecule has 2 spiro atoms. The fourth-order valence-electron chi connectivity index (χ4n) is 13.8. The van der Waals surface area contributed by atoms with E-state index in [-0.39, 0.29) is 0 Å². The summed E-state index contributed by atoms with van der Waals surface area (Å²) in [7, 11) is 0. The molecule has 16 rings (SSSR count). The fraction of sp³-hybridized carbons (Fsp3) is 0.0441. The van der Waals surface area contributed by atoms with Gasteiger partial charge < -0.3 is 5.32 Å². The van der Waals surface area contributed by atoms with Crippen LogP contribution in [0, 0.1) is 0 Å². The average Bonchev–Trinajstić information content (AvgIpc) is 4.18. The molecule has 11 aromatic rings. The van der Waals surface area contributed by atoms with E-state index in [1.807, 2.05) is 0 Å². The predicted molar refractivity (Wildman–Crippen MR) is 291 cm³/mol. The van der Waals surface area contributed by atoms with Gasteiger partial charge in [0.2, 0.25) is 5.96 Å². The van der Waals surface area contributed by atoms with Gasteiger partial charge in [0.15, 0.2) is 0 Å². The van der Waals surface area contributed by atoms with Crippen LogP contribution in [0.2, 0.25) is 0 Å². The summed E-state index contributed by atoms with van der Waals surface area (Å²) in [4.78, 5) is 5.75. The summed E-state index contributed by atoms with van der Waals surface area (Å²) in [6.45, 7) is 0. The smallest absolute Gasteiger partial charge is 0.213 e. The number of allylic oxidation sites excluding steroid dienone is 2. The summed E-state index contributed by atoms with van der Waals surface area (Å²) in [5.41, 5.74) is 26.3. The van der Waals surface area contributed by atoms with Crippen molar-refractivity contribution in [3.8, 4) is 44.5 Å². The van der Waals surface area contributed by atoms with Gasteiger partial charge in [0, 0.05) is 16.5 Å². The fourth-order valence-corrected chi connectivity index (χ4v) is 13.8. The third kappa shape index (κ3) is 4.95. The molecule has 0 fully saturated rings. The number of nitrogens with zero attached hydrogens (tertiary/aromatic N) is 2. The number of nitrogens with one attached hydrogen (secondary N) is 1. The molecule has 0 saturated heterocycles. The van der Waals surface area contributed by atoms with E-state index in [0.29, 0.717) is 0 Å². The van der Waals surface area contributed by atoms with Crippen molar-refractivity contribution in [1.82, 2.24) is 9.88 Å². The molecule has 10 aromatic carbocycles. The zero-order chi connectivity index (χ0) is 46.4. The largest absolute Gasteiger partial charge is 0.325 e. The second kappa shape index (κ2) is 14.3. The van der Waals surface area contributed by atoms with Gasteiger partial charge in [-0.1, -0.05) is 218 Å². The zero-order valence-corrected chi connectivity index (χ0v) is 38.7. The van der Waals surface area contributed by atoms with Crippen molar-refractivity contribution in [1.29, 1.82) is 0 Å². The van der Waals surface area contributed by atoms with Crippen LogP contribution in [0.15, 0.2) is 248 Å². The lowest BCUT2D eigenvalue weighted by Gasteiger charge is -2.30. The normalized spacial score (nSPS) is 16.3. The Kier molecular flexibility index (Phi) is 7.80. The average molecular weight is 902 g/mol. The van der Waals surface area contributed by atoms with Crippen LogP contribution in [0.25, 0.3) is 77.7 Å². The first-order valence-electron chi connectivity index (χ1n) is 24.9. The number of hydrogen-bond donors (Lipinski definition) is 1. The lowest BCUT2D eigenvalue weighted by Crippen LogP contribution is -2.30. The Labute approximate surface area is 412 Å². The molecular weight excluding hydrogens is 859 g/mol. The number of rotatable bonds is 2. The highest BCUT2D eigenvalue weighted by atomic mass is 15.2. The van der Waals surface area contributed by atoms with Crippen molar-refractivity contribution in [3.05, 3.63) is 298 Å².